The van der Waals surface area contributed by atoms with Crippen LogP contribution in [0.1, 0.15) is 11.3 Å². The second-order valence-corrected chi connectivity index (χ2v) is 4.84. The Labute approximate surface area is 132 Å². The van der Waals surface area contributed by atoms with Crippen LogP contribution in [0.2, 0.25) is 0 Å². The highest BCUT2D eigenvalue weighted by Crippen LogP contribution is 2.26. The van der Waals surface area contributed by atoms with Crippen LogP contribution in [-0.2, 0) is 0 Å². The lowest BCUT2D eigenvalue weighted by molar-refractivity contribution is 0.373. The molecule has 3 aromatic rings. The Hall–Kier alpha value is -3.28. The average Bonchev–Trinajstić information content (AvgIpc) is 2.96. The molecule has 6 nitrogen and oxygen atoms in total. The summed E-state index contributed by atoms with van der Waals surface area (Å²) in [6.07, 6.45) is 5.21. The van der Waals surface area contributed by atoms with Crippen molar-refractivity contribution in [2.75, 3.05) is 7.11 Å². The molecule has 0 aliphatic carbocycles. The average molecular weight is 309 g/mol. The van der Waals surface area contributed by atoms with E-state index in [0.29, 0.717) is 17.3 Å². The van der Waals surface area contributed by atoms with Gasteiger partial charge in [0.05, 0.1) is 12.8 Å². The van der Waals surface area contributed by atoms with Gasteiger partial charge in [0.15, 0.2) is 17.3 Å². The molecule has 0 saturated heterocycles. The first-order valence-electron chi connectivity index (χ1n) is 6.96. The molecular formula is C17H15N3O3. The number of phenolic OH excluding ortho intramolecular Hbond substituents is 1. The van der Waals surface area contributed by atoms with E-state index in [2.05, 4.69) is 10.1 Å². The summed E-state index contributed by atoms with van der Waals surface area (Å²) < 4.78 is 6.44. The van der Waals surface area contributed by atoms with Crippen molar-refractivity contribution in [3.63, 3.8) is 0 Å². The normalized spacial score (nSPS) is 11.0. The predicted octanol–water partition coefficient (Wildman–Crippen LogP) is 2.45. The predicted molar refractivity (Wildman–Crippen MR) is 87.8 cm³/mol. The van der Waals surface area contributed by atoms with Gasteiger partial charge in [-0.2, -0.15) is 0 Å². The van der Waals surface area contributed by atoms with Crippen LogP contribution in [0.25, 0.3) is 18.0 Å². The van der Waals surface area contributed by atoms with E-state index in [1.165, 1.54) is 17.9 Å². The lowest BCUT2D eigenvalue weighted by Gasteiger charge is -2.03. The zero-order valence-corrected chi connectivity index (χ0v) is 12.4. The Bertz CT molecular complexity index is 895. The van der Waals surface area contributed by atoms with Gasteiger partial charge in [-0.1, -0.05) is 18.2 Å². The van der Waals surface area contributed by atoms with Gasteiger partial charge in [0.1, 0.15) is 0 Å². The van der Waals surface area contributed by atoms with Gasteiger partial charge in [-0.15, -0.1) is 0 Å². The summed E-state index contributed by atoms with van der Waals surface area (Å²) in [5.41, 5.74) is 1.30. The number of aromatic nitrogens is 3. The van der Waals surface area contributed by atoms with Gasteiger partial charge in [0.2, 0.25) is 0 Å². The number of hydrogen-bond donors (Lipinski definition) is 2. The van der Waals surface area contributed by atoms with Crippen LogP contribution in [0.5, 0.6) is 11.5 Å². The molecule has 6 heteroatoms. The fourth-order valence-corrected chi connectivity index (χ4v) is 2.14. The van der Waals surface area contributed by atoms with E-state index in [-0.39, 0.29) is 11.3 Å². The van der Waals surface area contributed by atoms with Crippen LogP contribution in [0.15, 0.2) is 53.5 Å². The largest absolute Gasteiger partial charge is 0.504 e. The van der Waals surface area contributed by atoms with Crippen molar-refractivity contribution in [3.8, 4) is 17.3 Å². The minimum absolute atomic E-state index is 0.0827. The molecule has 0 aliphatic rings. The number of nitrogens with zero attached hydrogens (tertiary/aromatic N) is 2. The van der Waals surface area contributed by atoms with Crippen molar-refractivity contribution in [2.45, 2.75) is 0 Å². The number of nitrogens with one attached hydrogen (secondary N) is 1. The lowest BCUT2D eigenvalue weighted by atomic mass is 10.2. The summed E-state index contributed by atoms with van der Waals surface area (Å²) in [6, 6.07) is 11.9. The van der Waals surface area contributed by atoms with E-state index < -0.39 is 0 Å². The lowest BCUT2D eigenvalue weighted by Crippen LogP contribution is -2.14. The molecule has 0 radical (unpaired) electrons. The molecule has 0 fully saturated rings. The first-order valence-corrected chi connectivity index (χ1v) is 6.96. The molecular weight excluding hydrogens is 294 g/mol. The molecule has 2 N–H and O–H groups in total. The summed E-state index contributed by atoms with van der Waals surface area (Å²) in [5, 5.41) is 12.6. The van der Waals surface area contributed by atoms with E-state index in [0.717, 1.165) is 5.56 Å². The van der Waals surface area contributed by atoms with E-state index >= 15 is 0 Å². The molecule has 0 atom stereocenters. The number of aromatic hydroxyl groups is 1. The van der Waals surface area contributed by atoms with Gasteiger partial charge in [-0.25, -0.2) is 9.67 Å². The monoisotopic (exact) mass is 309 g/mol. The van der Waals surface area contributed by atoms with Crippen LogP contribution in [0.3, 0.4) is 0 Å². The van der Waals surface area contributed by atoms with Gasteiger partial charge in [0.25, 0.3) is 5.56 Å². The Balaban J connectivity index is 1.88. The van der Waals surface area contributed by atoms with Crippen molar-refractivity contribution < 1.29 is 9.84 Å². The standard InChI is InChI=1S/C17H15N3O3/c1-23-15-10-12(6-8-14(15)21)5-7-13-11-17(22)20(19-13)16-4-2-3-9-18-16/h2-11,19,21H,1H3/b7-5+. The highest BCUT2D eigenvalue weighted by atomic mass is 16.5. The van der Waals surface area contributed by atoms with E-state index in [1.54, 1.807) is 42.6 Å². The third-order valence-electron chi connectivity index (χ3n) is 3.28. The van der Waals surface area contributed by atoms with Gasteiger partial charge < -0.3 is 9.84 Å². The van der Waals surface area contributed by atoms with Crippen LogP contribution in [0, 0.1) is 0 Å². The number of rotatable bonds is 4. The summed E-state index contributed by atoms with van der Waals surface area (Å²) >= 11 is 0. The molecule has 3 rings (SSSR count). The van der Waals surface area contributed by atoms with Crippen LogP contribution >= 0.6 is 0 Å². The second-order valence-electron chi connectivity index (χ2n) is 4.84. The van der Waals surface area contributed by atoms with Gasteiger partial charge in [-0.05, 0) is 35.9 Å². The summed E-state index contributed by atoms with van der Waals surface area (Å²) in [7, 11) is 1.49. The molecule has 116 valence electrons. The highest BCUT2D eigenvalue weighted by Gasteiger charge is 2.04. The molecule has 2 aromatic heterocycles. The van der Waals surface area contributed by atoms with Crippen LogP contribution in [0.4, 0.5) is 0 Å². The smallest absolute Gasteiger partial charge is 0.273 e. The molecule has 0 amide bonds. The number of hydrogen-bond acceptors (Lipinski definition) is 4. The fourth-order valence-electron chi connectivity index (χ4n) is 2.14. The van der Waals surface area contributed by atoms with Gasteiger partial charge in [-0.3, -0.25) is 9.89 Å². The fraction of sp³-hybridized carbons (Fsp3) is 0.0588. The number of ether oxygens (including phenoxy) is 1. The topological polar surface area (TPSA) is 80.1 Å². The second kappa shape index (κ2) is 6.23. The Morgan fingerprint density at radius 2 is 2.09 bits per heavy atom. The molecule has 0 bridgehead atoms. The van der Waals surface area contributed by atoms with Gasteiger partial charge >= 0.3 is 0 Å². The van der Waals surface area contributed by atoms with E-state index in [9.17, 15) is 9.90 Å². The molecule has 0 unspecified atom stereocenters. The minimum atomic E-state index is -0.188. The maximum Gasteiger partial charge on any atom is 0.273 e. The Morgan fingerprint density at radius 3 is 2.83 bits per heavy atom. The van der Waals surface area contributed by atoms with E-state index in [4.69, 9.17) is 4.74 Å². The summed E-state index contributed by atoms with van der Waals surface area (Å²) in [4.78, 5) is 16.1. The van der Waals surface area contributed by atoms with Crippen molar-refractivity contribution in [2.24, 2.45) is 0 Å². The third-order valence-corrected chi connectivity index (χ3v) is 3.28. The molecule has 1 aromatic carbocycles. The van der Waals surface area contributed by atoms with Crippen molar-refractivity contribution in [1.29, 1.82) is 0 Å². The maximum absolute atomic E-state index is 12.0. The number of aromatic amines is 1. The first kappa shape index (κ1) is 14.6. The number of methoxy groups -OCH3 is 1. The molecule has 0 aliphatic heterocycles. The highest BCUT2D eigenvalue weighted by molar-refractivity contribution is 5.69. The number of pyridine rings is 1. The number of H-pyrrole nitrogens is 1. The Kier molecular flexibility index (Phi) is 3.97. The van der Waals surface area contributed by atoms with Crippen molar-refractivity contribution in [1.82, 2.24) is 14.8 Å². The molecule has 23 heavy (non-hydrogen) atoms. The summed E-state index contributed by atoms with van der Waals surface area (Å²) in [6.45, 7) is 0. The minimum Gasteiger partial charge on any atom is -0.504 e. The summed E-state index contributed by atoms with van der Waals surface area (Å²) in [5.74, 6) is 1.01. The third kappa shape index (κ3) is 3.16. The molecule has 0 spiro atoms. The SMILES string of the molecule is COc1cc(/C=C/c2cc(=O)n(-c3ccccn3)[nH]2)ccc1O. The molecule has 2 heterocycles. The first-order chi connectivity index (χ1) is 11.2. The zero-order chi connectivity index (χ0) is 16.2. The maximum atomic E-state index is 12.0. The zero-order valence-electron chi connectivity index (χ0n) is 12.4. The van der Waals surface area contributed by atoms with Crippen LogP contribution in [-0.4, -0.2) is 27.0 Å². The number of benzene rings is 1. The van der Waals surface area contributed by atoms with Crippen molar-refractivity contribution >= 4 is 12.2 Å². The van der Waals surface area contributed by atoms with E-state index in [1.807, 2.05) is 12.1 Å². The quantitative estimate of drug-likeness (QED) is 0.776. The van der Waals surface area contributed by atoms with Gasteiger partial charge in [0, 0.05) is 12.3 Å². The Morgan fingerprint density at radius 1 is 1.22 bits per heavy atom. The van der Waals surface area contributed by atoms with Crippen LogP contribution < -0.4 is 10.3 Å². The molecule has 0 saturated carbocycles. The number of phenols is 1. The van der Waals surface area contributed by atoms with Crippen molar-refractivity contribution in [3.05, 3.63) is 70.3 Å².